The van der Waals surface area contributed by atoms with Crippen molar-refractivity contribution >= 4 is 41.7 Å². The molecule has 1 fully saturated rings. The number of nitrogens with two attached hydrogens (primary N) is 1. The lowest BCUT2D eigenvalue weighted by molar-refractivity contribution is -0.122. The molecule has 0 spiro atoms. The molecule has 1 aliphatic heterocycles. The summed E-state index contributed by atoms with van der Waals surface area (Å²) in [5.41, 5.74) is 6.93. The maximum atomic E-state index is 11.7. The van der Waals surface area contributed by atoms with Crippen LogP contribution >= 0.6 is 24.0 Å². The van der Waals surface area contributed by atoms with Crippen LogP contribution in [0.2, 0.25) is 0 Å². The predicted octanol–water partition coefficient (Wildman–Crippen LogP) is 3.67. The van der Waals surface area contributed by atoms with Gasteiger partial charge in [-0.25, -0.2) is 9.98 Å². The van der Waals surface area contributed by atoms with Crippen LogP contribution in [0.25, 0.3) is 0 Å². The molecule has 1 saturated heterocycles. The van der Waals surface area contributed by atoms with E-state index in [2.05, 4.69) is 61.2 Å². The van der Waals surface area contributed by atoms with E-state index >= 15 is 0 Å². The number of amides is 1. The summed E-state index contributed by atoms with van der Waals surface area (Å²) in [7, 11) is 0. The second kappa shape index (κ2) is 13.1. The van der Waals surface area contributed by atoms with Gasteiger partial charge in [-0.2, -0.15) is 0 Å². The van der Waals surface area contributed by atoms with Gasteiger partial charge in [0.1, 0.15) is 5.82 Å². The first-order chi connectivity index (χ1) is 14.2. The van der Waals surface area contributed by atoms with Crippen molar-refractivity contribution < 1.29 is 4.79 Å². The lowest BCUT2D eigenvalue weighted by atomic mass is 9.89. The highest BCUT2D eigenvalue weighted by Gasteiger charge is 2.26. The highest BCUT2D eigenvalue weighted by atomic mass is 127. The molecule has 2 unspecified atom stereocenters. The number of aromatic nitrogens is 1. The number of nitrogens with zero attached hydrogens (tertiary/aromatic N) is 3. The zero-order valence-electron chi connectivity index (χ0n) is 19.8. The van der Waals surface area contributed by atoms with Crippen molar-refractivity contribution in [3.63, 3.8) is 0 Å². The summed E-state index contributed by atoms with van der Waals surface area (Å²) in [6, 6.07) is 4.34. The van der Waals surface area contributed by atoms with Crippen molar-refractivity contribution in [2.75, 3.05) is 24.5 Å². The first kappa shape index (κ1) is 27.5. The average Bonchev–Trinajstić information content (AvgIpc) is 2.70. The fourth-order valence-electron chi connectivity index (χ4n) is 3.68. The number of halogens is 1. The molecule has 8 heteroatoms. The van der Waals surface area contributed by atoms with Crippen LogP contribution in [-0.2, 0) is 11.3 Å². The Morgan fingerprint density at radius 3 is 2.81 bits per heavy atom. The predicted molar refractivity (Wildman–Crippen MR) is 140 cm³/mol. The number of anilines is 1. The van der Waals surface area contributed by atoms with Gasteiger partial charge in [-0.15, -0.1) is 24.0 Å². The lowest BCUT2D eigenvalue weighted by Crippen LogP contribution is -2.43. The van der Waals surface area contributed by atoms with Crippen molar-refractivity contribution in [3.05, 3.63) is 23.9 Å². The van der Waals surface area contributed by atoms with Crippen molar-refractivity contribution in [1.82, 2.24) is 15.6 Å². The minimum atomic E-state index is -0.224. The molecule has 1 aliphatic rings. The number of hydrogen-bond acceptors (Lipinski definition) is 4. The smallest absolute Gasteiger partial charge is 0.222 e. The van der Waals surface area contributed by atoms with Crippen LogP contribution in [0.1, 0.15) is 65.9 Å². The minimum absolute atomic E-state index is 0. The zero-order chi connectivity index (χ0) is 22.1. The molecule has 31 heavy (non-hydrogen) atoms. The zero-order valence-corrected chi connectivity index (χ0v) is 22.1. The Bertz CT molecular complexity index is 718. The van der Waals surface area contributed by atoms with Crippen LogP contribution in [0.4, 0.5) is 5.82 Å². The van der Waals surface area contributed by atoms with Crippen molar-refractivity contribution in [1.29, 1.82) is 0 Å². The van der Waals surface area contributed by atoms with E-state index in [1.54, 1.807) is 6.20 Å². The van der Waals surface area contributed by atoms with Crippen LogP contribution < -0.4 is 21.3 Å². The number of guanidine groups is 1. The van der Waals surface area contributed by atoms with Gasteiger partial charge in [-0.05, 0) is 51.0 Å². The molecule has 1 aromatic rings. The summed E-state index contributed by atoms with van der Waals surface area (Å²) in [4.78, 5) is 23.2. The van der Waals surface area contributed by atoms with Gasteiger partial charge in [0, 0.05) is 37.4 Å². The van der Waals surface area contributed by atoms with Gasteiger partial charge in [0.2, 0.25) is 5.91 Å². The molecule has 1 amide bonds. The minimum Gasteiger partial charge on any atom is -0.369 e. The number of carbonyl (C=O) groups is 1. The van der Waals surface area contributed by atoms with Gasteiger partial charge in [0.15, 0.2) is 5.96 Å². The third-order valence-electron chi connectivity index (χ3n) is 5.45. The highest BCUT2D eigenvalue weighted by molar-refractivity contribution is 14.0. The number of aliphatic imine (C=N–C) groups is 1. The summed E-state index contributed by atoms with van der Waals surface area (Å²) in [6.45, 7) is 13.9. The average molecular weight is 545 g/mol. The maximum absolute atomic E-state index is 11.7. The molecule has 0 aromatic carbocycles. The molecule has 2 atom stereocenters. The fourth-order valence-corrected chi connectivity index (χ4v) is 3.68. The number of rotatable bonds is 8. The molecule has 0 bridgehead atoms. The van der Waals surface area contributed by atoms with E-state index in [1.807, 2.05) is 6.07 Å². The van der Waals surface area contributed by atoms with Crippen LogP contribution in [0, 0.1) is 11.3 Å². The third-order valence-corrected chi connectivity index (χ3v) is 5.45. The number of hydrogen-bond donors (Lipinski definition) is 3. The maximum Gasteiger partial charge on any atom is 0.222 e. The fraction of sp³-hybridized carbons (Fsp3) is 0.696. The Balaban J connectivity index is 0.00000480. The second-order valence-corrected chi connectivity index (χ2v) is 9.51. The van der Waals surface area contributed by atoms with E-state index in [9.17, 15) is 4.79 Å². The van der Waals surface area contributed by atoms with Crippen LogP contribution in [0.15, 0.2) is 23.3 Å². The number of primary amides is 1. The van der Waals surface area contributed by atoms with Gasteiger partial charge in [-0.1, -0.05) is 26.8 Å². The molecule has 4 N–H and O–H groups in total. The summed E-state index contributed by atoms with van der Waals surface area (Å²) in [5, 5.41) is 6.87. The van der Waals surface area contributed by atoms with Crippen molar-refractivity contribution in [3.8, 4) is 0 Å². The molecule has 0 aliphatic carbocycles. The van der Waals surface area contributed by atoms with Gasteiger partial charge in [0.05, 0.1) is 12.5 Å². The molecule has 7 nitrogen and oxygen atoms in total. The largest absolute Gasteiger partial charge is 0.369 e. The molecule has 2 heterocycles. The first-order valence-electron chi connectivity index (χ1n) is 11.2. The van der Waals surface area contributed by atoms with E-state index in [0.717, 1.165) is 56.1 Å². The molecule has 1 aromatic heterocycles. The van der Waals surface area contributed by atoms with Crippen LogP contribution in [-0.4, -0.2) is 42.5 Å². The normalized spacial score (nSPS) is 18.2. The van der Waals surface area contributed by atoms with Gasteiger partial charge in [0.25, 0.3) is 0 Å². The Kier molecular flexibility index (Phi) is 11.6. The SMILES string of the molecule is CCNC(=NCc1cccnc1N1CCCC(C(N)=O)C1)NC(C)CCC(C)(C)C.I. The molecule has 0 saturated carbocycles. The van der Waals surface area contributed by atoms with Gasteiger partial charge in [-0.3, -0.25) is 4.79 Å². The Labute approximate surface area is 205 Å². The monoisotopic (exact) mass is 544 g/mol. The summed E-state index contributed by atoms with van der Waals surface area (Å²) in [5.74, 6) is 1.39. The number of nitrogens with one attached hydrogen (secondary N) is 2. The molecule has 176 valence electrons. The van der Waals surface area contributed by atoms with E-state index in [-0.39, 0.29) is 35.8 Å². The van der Waals surface area contributed by atoms with E-state index in [1.165, 1.54) is 0 Å². The molecule has 2 rings (SSSR count). The third kappa shape index (κ3) is 9.62. The number of carbonyl (C=O) groups excluding carboxylic acids is 1. The quantitative estimate of drug-likeness (QED) is 0.264. The van der Waals surface area contributed by atoms with Gasteiger partial charge >= 0.3 is 0 Å². The van der Waals surface area contributed by atoms with Crippen LogP contribution in [0.3, 0.4) is 0 Å². The molecular weight excluding hydrogens is 503 g/mol. The summed E-state index contributed by atoms with van der Waals surface area (Å²) >= 11 is 0. The Morgan fingerprint density at radius 2 is 2.16 bits per heavy atom. The van der Waals surface area contributed by atoms with E-state index in [0.29, 0.717) is 24.5 Å². The molecule has 0 radical (unpaired) electrons. The van der Waals surface area contributed by atoms with Gasteiger partial charge < -0.3 is 21.3 Å². The molecular formula is C23H41IN6O. The van der Waals surface area contributed by atoms with Crippen molar-refractivity contribution in [2.24, 2.45) is 22.1 Å². The second-order valence-electron chi connectivity index (χ2n) is 9.51. The Morgan fingerprint density at radius 1 is 1.42 bits per heavy atom. The number of piperidine rings is 1. The summed E-state index contributed by atoms with van der Waals surface area (Å²) in [6.07, 6.45) is 5.85. The van der Waals surface area contributed by atoms with E-state index < -0.39 is 0 Å². The lowest BCUT2D eigenvalue weighted by Gasteiger charge is -2.33. The number of pyridine rings is 1. The Hall–Kier alpha value is -1.58. The highest BCUT2D eigenvalue weighted by Crippen LogP contribution is 2.25. The topological polar surface area (TPSA) is 95.6 Å². The van der Waals surface area contributed by atoms with Crippen LogP contribution in [0.5, 0.6) is 0 Å². The standard InChI is InChI=1S/C23H40N6O.HI/c1-6-25-22(28-17(2)11-12-23(3,4)5)27-15-18-9-7-13-26-21(18)29-14-8-10-19(16-29)20(24)30;/h7,9,13,17,19H,6,8,10-12,14-16H2,1-5H3,(H2,24,30)(H2,25,27,28);1H. The van der Waals surface area contributed by atoms with Crippen molar-refractivity contribution in [2.45, 2.75) is 72.9 Å². The van der Waals surface area contributed by atoms with E-state index in [4.69, 9.17) is 10.7 Å². The summed E-state index contributed by atoms with van der Waals surface area (Å²) < 4.78 is 0. The first-order valence-corrected chi connectivity index (χ1v) is 11.2.